The highest BCUT2D eigenvalue weighted by molar-refractivity contribution is 7.18. The molecule has 0 fully saturated rings. The average Bonchev–Trinajstić information content (AvgIpc) is 2.86. The molecule has 0 amide bonds. The zero-order valence-corrected chi connectivity index (χ0v) is 11.3. The summed E-state index contributed by atoms with van der Waals surface area (Å²) in [6.07, 6.45) is 0. The molecule has 0 saturated heterocycles. The van der Waals surface area contributed by atoms with E-state index in [1.54, 1.807) is 0 Å². The van der Waals surface area contributed by atoms with Gasteiger partial charge in [-0.3, -0.25) is 0 Å². The van der Waals surface area contributed by atoms with Gasteiger partial charge in [0.2, 0.25) is 5.13 Å². The third kappa shape index (κ3) is 2.13. The van der Waals surface area contributed by atoms with Crippen molar-refractivity contribution >= 4 is 27.2 Å². The van der Waals surface area contributed by atoms with E-state index < -0.39 is 0 Å². The number of fused-ring (bicyclic) bond motifs is 1. The maximum atomic E-state index is 5.81. The molecule has 4 nitrogen and oxygen atoms in total. The zero-order valence-electron chi connectivity index (χ0n) is 10.5. The Morgan fingerprint density at radius 2 is 2.00 bits per heavy atom. The van der Waals surface area contributed by atoms with E-state index in [1.165, 1.54) is 11.3 Å². The molecule has 2 N–H and O–H groups in total. The van der Waals surface area contributed by atoms with Crippen LogP contribution in [0, 0.1) is 0 Å². The number of benzene rings is 2. The first-order valence-electron chi connectivity index (χ1n) is 6.03. The maximum absolute atomic E-state index is 5.81. The summed E-state index contributed by atoms with van der Waals surface area (Å²) >= 11 is 1.36. The molecule has 96 valence electrons. The first-order valence-corrected chi connectivity index (χ1v) is 6.85. The molecule has 3 rings (SSSR count). The van der Waals surface area contributed by atoms with Crippen molar-refractivity contribution in [2.24, 2.45) is 0 Å². The van der Waals surface area contributed by atoms with Crippen molar-refractivity contribution in [1.29, 1.82) is 0 Å². The molecule has 0 unspecified atom stereocenters. The quantitative estimate of drug-likeness (QED) is 0.793. The van der Waals surface area contributed by atoms with Gasteiger partial charge in [0.25, 0.3) is 0 Å². The largest absolute Gasteiger partial charge is 0.492 e. The van der Waals surface area contributed by atoms with E-state index in [1.807, 2.05) is 31.2 Å². The summed E-state index contributed by atoms with van der Waals surface area (Å²) in [5.41, 5.74) is 6.60. The molecule has 5 heteroatoms. The van der Waals surface area contributed by atoms with Gasteiger partial charge >= 0.3 is 0 Å². The minimum absolute atomic E-state index is 0.464. The Labute approximate surface area is 114 Å². The van der Waals surface area contributed by atoms with Gasteiger partial charge in [0.05, 0.1) is 12.2 Å². The molecule has 0 spiro atoms. The standard InChI is InChI=1S/C14H13N3OS/c1-2-18-12-10-6-4-3-5-9(10)7-8-11(12)13-16-17-14(15)19-13/h3-8H,2H2,1H3,(H2,15,17). The van der Waals surface area contributed by atoms with Crippen LogP contribution in [-0.4, -0.2) is 16.8 Å². The third-order valence-corrected chi connectivity index (χ3v) is 3.63. The minimum atomic E-state index is 0.464. The van der Waals surface area contributed by atoms with Gasteiger partial charge in [0.1, 0.15) is 5.75 Å². The molecule has 0 bridgehead atoms. The highest BCUT2D eigenvalue weighted by Gasteiger charge is 2.14. The molecule has 0 aliphatic heterocycles. The average molecular weight is 271 g/mol. The van der Waals surface area contributed by atoms with Crippen LogP contribution >= 0.6 is 11.3 Å². The molecule has 1 heterocycles. The van der Waals surface area contributed by atoms with Crippen LogP contribution in [0.3, 0.4) is 0 Å². The third-order valence-electron chi connectivity index (χ3n) is 2.84. The van der Waals surface area contributed by atoms with Crippen molar-refractivity contribution in [2.45, 2.75) is 6.92 Å². The van der Waals surface area contributed by atoms with Gasteiger partial charge in [0, 0.05) is 5.39 Å². The smallest absolute Gasteiger partial charge is 0.203 e. The number of nitrogens with zero attached hydrogens (tertiary/aromatic N) is 2. The lowest BCUT2D eigenvalue weighted by molar-refractivity contribution is 0.345. The zero-order chi connectivity index (χ0) is 13.2. The number of nitrogen functional groups attached to an aromatic ring is 1. The van der Waals surface area contributed by atoms with E-state index >= 15 is 0 Å². The predicted molar refractivity (Wildman–Crippen MR) is 78.4 cm³/mol. The molecule has 0 atom stereocenters. The van der Waals surface area contributed by atoms with Crippen LogP contribution in [0.1, 0.15) is 6.92 Å². The summed E-state index contributed by atoms with van der Waals surface area (Å²) in [7, 11) is 0. The number of ether oxygens (including phenoxy) is 1. The van der Waals surface area contributed by atoms with Crippen molar-refractivity contribution in [3.05, 3.63) is 36.4 Å². The van der Waals surface area contributed by atoms with Crippen LogP contribution < -0.4 is 10.5 Å². The number of aromatic nitrogens is 2. The first kappa shape index (κ1) is 11.9. The Bertz CT molecular complexity index is 724. The molecule has 3 aromatic rings. The van der Waals surface area contributed by atoms with Gasteiger partial charge in [-0.05, 0) is 18.4 Å². The number of hydrogen-bond donors (Lipinski definition) is 1. The van der Waals surface area contributed by atoms with Crippen LogP contribution in [0.5, 0.6) is 5.75 Å². The fourth-order valence-corrected chi connectivity index (χ4v) is 2.69. The summed E-state index contributed by atoms with van der Waals surface area (Å²) in [4.78, 5) is 0. The second kappa shape index (κ2) is 4.85. The highest BCUT2D eigenvalue weighted by atomic mass is 32.1. The van der Waals surface area contributed by atoms with E-state index in [9.17, 15) is 0 Å². The maximum Gasteiger partial charge on any atom is 0.203 e. The Balaban J connectivity index is 2.26. The normalized spacial score (nSPS) is 10.8. The minimum Gasteiger partial charge on any atom is -0.492 e. The first-order chi connectivity index (χ1) is 9.29. The summed E-state index contributed by atoms with van der Waals surface area (Å²) in [6.45, 7) is 2.58. The molecule has 0 saturated carbocycles. The number of nitrogens with two attached hydrogens (primary N) is 1. The van der Waals surface area contributed by atoms with Crippen molar-refractivity contribution in [3.8, 4) is 16.3 Å². The Morgan fingerprint density at radius 1 is 1.16 bits per heavy atom. The van der Waals surface area contributed by atoms with Gasteiger partial charge in [-0.25, -0.2) is 0 Å². The molecular weight excluding hydrogens is 258 g/mol. The van der Waals surface area contributed by atoms with E-state index in [-0.39, 0.29) is 0 Å². The Morgan fingerprint density at radius 3 is 2.74 bits per heavy atom. The van der Waals surface area contributed by atoms with Crippen molar-refractivity contribution in [3.63, 3.8) is 0 Å². The molecule has 2 aromatic carbocycles. The number of anilines is 1. The monoisotopic (exact) mass is 271 g/mol. The molecule has 1 aromatic heterocycles. The van der Waals surface area contributed by atoms with Gasteiger partial charge in [-0.1, -0.05) is 41.7 Å². The second-order valence-electron chi connectivity index (χ2n) is 4.04. The van der Waals surface area contributed by atoms with Gasteiger partial charge in [-0.2, -0.15) is 0 Å². The Kier molecular flexibility index (Phi) is 3.05. The summed E-state index contributed by atoms with van der Waals surface area (Å²) in [5.74, 6) is 0.844. The van der Waals surface area contributed by atoms with Crippen molar-refractivity contribution in [1.82, 2.24) is 10.2 Å². The lowest BCUT2D eigenvalue weighted by atomic mass is 10.1. The molecule has 0 aliphatic carbocycles. The van der Waals surface area contributed by atoms with E-state index in [0.29, 0.717) is 11.7 Å². The molecular formula is C14H13N3OS. The predicted octanol–water partition coefficient (Wildman–Crippen LogP) is 3.34. The van der Waals surface area contributed by atoms with Gasteiger partial charge < -0.3 is 10.5 Å². The second-order valence-corrected chi connectivity index (χ2v) is 5.05. The molecule has 0 aliphatic rings. The van der Waals surface area contributed by atoms with Crippen LogP contribution in [0.4, 0.5) is 5.13 Å². The molecule has 0 radical (unpaired) electrons. The molecule has 19 heavy (non-hydrogen) atoms. The van der Waals surface area contributed by atoms with Crippen LogP contribution in [0.25, 0.3) is 21.3 Å². The van der Waals surface area contributed by atoms with E-state index in [2.05, 4.69) is 22.3 Å². The van der Waals surface area contributed by atoms with Crippen molar-refractivity contribution < 1.29 is 4.74 Å². The fourth-order valence-electron chi connectivity index (χ4n) is 2.05. The van der Waals surface area contributed by atoms with Gasteiger partial charge in [0.15, 0.2) is 5.01 Å². The topological polar surface area (TPSA) is 61.0 Å². The van der Waals surface area contributed by atoms with E-state index in [4.69, 9.17) is 10.5 Å². The number of hydrogen-bond acceptors (Lipinski definition) is 5. The lowest BCUT2D eigenvalue weighted by Crippen LogP contribution is -1.95. The Hall–Kier alpha value is -2.14. The number of rotatable bonds is 3. The van der Waals surface area contributed by atoms with Crippen molar-refractivity contribution in [2.75, 3.05) is 12.3 Å². The van der Waals surface area contributed by atoms with Crippen LogP contribution in [0.15, 0.2) is 36.4 Å². The SMILES string of the molecule is CCOc1c(-c2nnc(N)s2)ccc2ccccc12. The van der Waals surface area contributed by atoms with E-state index in [0.717, 1.165) is 27.1 Å². The van der Waals surface area contributed by atoms with Gasteiger partial charge in [-0.15, -0.1) is 10.2 Å². The highest BCUT2D eigenvalue weighted by Crippen LogP contribution is 2.38. The summed E-state index contributed by atoms with van der Waals surface area (Å²) in [6, 6.07) is 12.2. The lowest BCUT2D eigenvalue weighted by Gasteiger charge is -2.11. The fraction of sp³-hybridized carbons (Fsp3) is 0.143. The summed E-state index contributed by atoms with van der Waals surface area (Å²) in [5, 5.41) is 11.4. The van der Waals surface area contributed by atoms with Crippen LogP contribution in [0.2, 0.25) is 0 Å². The van der Waals surface area contributed by atoms with Crippen LogP contribution in [-0.2, 0) is 0 Å². The summed E-state index contributed by atoms with van der Waals surface area (Å²) < 4.78 is 5.81.